The number of methoxy groups -OCH3 is 1. The van der Waals surface area contributed by atoms with Gasteiger partial charge in [-0.1, -0.05) is 12.1 Å². The lowest BCUT2D eigenvalue weighted by Gasteiger charge is -2.28. The highest BCUT2D eigenvalue weighted by Crippen LogP contribution is 2.43. The Bertz CT molecular complexity index is 875. The number of hydrogen-bond acceptors (Lipinski definition) is 4. The van der Waals surface area contributed by atoms with Crippen molar-refractivity contribution in [3.63, 3.8) is 0 Å². The minimum atomic E-state index is -0.321. The average molecular weight is 353 g/mol. The Morgan fingerprint density at radius 3 is 2.62 bits per heavy atom. The second kappa shape index (κ2) is 6.61. The number of carbonyl (C=O) groups excluding carboxylic acids is 1. The van der Waals surface area contributed by atoms with E-state index in [0.717, 1.165) is 30.1 Å². The summed E-state index contributed by atoms with van der Waals surface area (Å²) in [4.78, 5) is 30.1. The molecule has 26 heavy (non-hydrogen) atoms. The predicted octanol–water partition coefficient (Wildman–Crippen LogP) is 1.72. The van der Waals surface area contributed by atoms with E-state index in [-0.39, 0.29) is 23.1 Å². The molecule has 2 fully saturated rings. The van der Waals surface area contributed by atoms with Gasteiger partial charge in [0.1, 0.15) is 11.3 Å². The van der Waals surface area contributed by atoms with Crippen molar-refractivity contribution in [3.8, 4) is 5.75 Å². The van der Waals surface area contributed by atoms with E-state index in [2.05, 4.69) is 10.3 Å². The molecule has 3 heterocycles. The standard InChI is InChI=1S/C20H23N3O3/c1-12-3-8-16(19(24)22-12)20(25)23-11-14-9-21-10-17(14)18(23)13-4-6-15(26-2)7-5-13/h3-8,14,17-18,21H,9-11H2,1-2H3,(H,22,24)/t14-,17-,18+/m0/s1. The van der Waals surface area contributed by atoms with E-state index in [9.17, 15) is 9.59 Å². The van der Waals surface area contributed by atoms with Gasteiger partial charge in [0.05, 0.1) is 13.2 Å². The van der Waals surface area contributed by atoms with Crippen molar-refractivity contribution in [2.24, 2.45) is 11.8 Å². The van der Waals surface area contributed by atoms with Crippen LogP contribution in [0, 0.1) is 18.8 Å². The van der Waals surface area contributed by atoms with Crippen LogP contribution in [0.4, 0.5) is 0 Å². The van der Waals surface area contributed by atoms with Crippen LogP contribution in [0.25, 0.3) is 0 Å². The van der Waals surface area contributed by atoms with Crippen LogP contribution in [0.1, 0.15) is 27.7 Å². The smallest absolute Gasteiger partial charge is 0.260 e. The van der Waals surface area contributed by atoms with Crippen molar-refractivity contribution in [2.75, 3.05) is 26.7 Å². The van der Waals surface area contributed by atoms with Crippen LogP contribution in [0.3, 0.4) is 0 Å². The second-order valence-electron chi connectivity index (χ2n) is 7.14. The van der Waals surface area contributed by atoms with Crippen molar-refractivity contribution in [3.05, 3.63) is 63.6 Å². The van der Waals surface area contributed by atoms with Crippen molar-refractivity contribution in [1.82, 2.24) is 15.2 Å². The SMILES string of the molecule is COc1ccc([C@@H]2[C@H]3CNC[C@H]3CN2C(=O)c2ccc(C)[nH]c2=O)cc1. The number of benzene rings is 1. The maximum atomic E-state index is 13.2. The molecule has 1 aromatic heterocycles. The van der Waals surface area contributed by atoms with Gasteiger partial charge in [-0.25, -0.2) is 0 Å². The number of pyridine rings is 1. The molecule has 2 aliphatic heterocycles. The molecular weight excluding hydrogens is 330 g/mol. The molecule has 1 amide bonds. The Labute approximate surface area is 152 Å². The van der Waals surface area contributed by atoms with E-state index in [4.69, 9.17) is 4.74 Å². The molecule has 0 radical (unpaired) electrons. The van der Waals surface area contributed by atoms with Crippen LogP contribution >= 0.6 is 0 Å². The maximum Gasteiger partial charge on any atom is 0.260 e. The number of amides is 1. The first kappa shape index (κ1) is 16.8. The summed E-state index contributed by atoms with van der Waals surface area (Å²) < 4.78 is 5.25. The molecule has 2 saturated heterocycles. The normalized spacial score (nSPS) is 24.5. The van der Waals surface area contributed by atoms with Gasteiger partial charge in [-0.15, -0.1) is 0 Å². The van der Waals surface area contributed by atoms with E-state index in [0.29, 0.717) is 18.4 Å². The fourth-order valence-corrected chi connectivity index (χ4v) is 4.25. The van der Waals surface area contributed by atoms with Gasteiger partial charge in [0.15, 0.2) is 0 Å². The van der Waals surface area contributed by atoms with E-state index in [1.54, 1.807) is 19.2 Å². The van der Waals surface area contributed by atoms with Crippen molar-refractivity contribution in [1.29, 1.82) is 0 Å². The van der Waals surface area contributed by atoms with E-state index in [1.165, 1.54) is 0 Å². The highest BCUT2D eigenvalue weighted by Gasteiger charge is 2.47. The summed E-state index contributed by atoms with van der Waals surface area (Å²) in [6, 6.07) is 11.3. The van der Waals surface area contributed by atoms with Gasteiger partial charge in [-0.3, -0.25) is 9.59 Å². The molecule has 0 aliphatic carbocycles. The fraction of sp³-hybridized carbons (Fsp3) is 0.400. The number of rotatable bonds is 3. The second-order valence-corrected chi connectivity index (χ2v) is 7.14. The lowest BCUT2D eigenvalue weighted by Crippen LogP contribution is -2.37. The molecular formula is C20H23N3O3. The van der Waals surface area contributed by atoms with Crippen LogP contribution in [0.5, 0.6) is 5.75 Å². The van der Waals surface area contributed by atoms with Gasteiger partial charge in [0.2, 0.25) is 0 Å². The zero-order chi connectivity index (χ0) is 18.3. The summed E-state index contributed by atoms with van der Waals surface area (Å²) >= 11 is 0. The average Bonchev–Trinajstić information content (AvgIpc) is 3.22. The number of aromatic nitrogens is 1. The summed E-state index contributed by atoms with van der Waals surface area (Å²) in [5.74, 6) is 1.37. The highest BCUT2D eigenvalue weighted by atomic mass is 16.5. The van der Waals surface area contributed by atoms with Crippen LogP contribution in [-0.2, 0) is 0 Å². The van der Waals surface area contributed by atoms with Crippen molar-refractivity contribution >= 4 is 5.91 Å². The molecule has 0 saturated carbocycles. The number of aromatic amines is 1. The Morgan fingerprint density at radius 1 is 1.15 bits per heavy atom. The fourth-order valence-electron chi connectivity index (χ4n) is 4.25. The zero-order valence-electron chi connectivity index (χ0n) is 15.0. The topological polar surface area (TPSA) is 74.4 Å². The monoisotopic (exact) mass is 353 g/mol. The number of ether oxygens (including phenoxy) is 1. The number of carbonyl (C=O) groups is 1. The van der Waals surface area contributed by atoms with Crippen LogP contribution in [-0.4, -0.2) is 42.5 Å². The van der Waals surface area contributed by atoms with Gasteiger partial charge in [0.25, 0.3) is 11.5 Å². The maximum absolute atomic E-state index is 13.2. The third-order valence-corrected chi connectivity index (χ3v) is 5.57. The van der Waals surface area contributed by atoms with Crippen LogP contribution in [0.15, 0.2) is 41.2 Å². The molecule has 136 valence electrons. The molecule has 2 aromatic rings. The van der Waals surface area contributed by atoms with Crippen molar-refractivity contribution < 1.29 is 9.53 Å². The Hall–Kier alpha value is -2.60. The number of likely N-dealkylation sites (tertiary alicyclic amines) is 1. The van der Waals surface area contributed by atoms with E-state index in [1.807, 2.05) is 36.1 Å². The number of nitrogens with one attached hydrogen (secondary N) is 2. The van der Waals surface area contributed by atoms with E-state index < -0.39 is 0 Å². The highest BCUT2D eigenvalue weighted by molar-refractivity contribution is 5.94. The third kappa shape index (κ3) is 2.80. The Morgan fingerprint density at radius 2 is 1.92 bits per heavy atom. The summed E-state index contributed by atoms with van der Waals surface area (Å²) in [5.41, 5.74) is 1.72. The molecule has 1 aromatic carbocycles. The first-order valence-corrected chi connectivity index (χ1v) is 8.94. The lowest BCUT2D eigenvalue weighted by atomic mass is 9.89. The zero-order valence-corrected chi connectivity index (χ0v) is 15.0. The molecule has 4 rings (SSSR count). The van der Waals surface area contributed by atoms with Gasteiger partial charge >= 0.3 is 0 Å². The number of fused-ring (bicyclic) bond motifs is 1. The summed E-state index contributed by atoms with van der Waals surface area (Å²) in [7, 11) is 1.64. The molecule has 0 unspecified atom stereocenters. The minimum Gasteiger partial charge on any atom is -0.497 e. The Balaban J connectivity index is 1.70. The largest absolute Gasteiger partial charge is 0.497 e. The van der Waals surface area contributed by atoms with Gasteiger partial charge in [-0.05, 0) is 42.7 Å². The molecule has 2 N–H and O–H groups in total. The number of H-pyrrole nitrogens is 1. The van der Waals surface area contributed by atoms with Gasteiger partial charge in [-0.2, -0.15) is 0 Å². The molecule has 0 bridgehead atoms. The molecule has 2 aliphatic rings. The minimum absolute atomic E-state index is 0.0332. The van der Waals surface area contributed by atoms with Gasteiger partial charge in [0, 0.05) is 31.2 Å². The summed E-state index contributed by atoms with van der Waals surface area (Å²) in [6.07, 6.45) is 0. The molecule has 3 atom stereocenters. The number of hydrogen-bond donors (Lipinski definition) is 2. The van der Waals surface area contributed by atoms with Gasteiger partial charge < -0.3 is 19.9 Å². The third-order valence-electron chi connectivity index (χ3n) is 5.57. The summed E-state index contributed by atoms with van der Waals surface area (Å²) in [5, 5.41) is 3.43. The molecule has 6 nitrogen and oxygen atoms in total. The summed E-state index contributed by atoms with van der Waals surface area (Å²) in [6.45, 7) is 4.27. The van der Waals surface area contributed by atoms with Crippen LogP contribution in [0.2, 0.25) is 0 Å². The van der Waals surface area contributed by atoms with Crippen molar-refractivity contribution in [2.45, 2.75) is 13.0 Å². The number of nitrogens with zero attached hydrogens (tertiary/aromatic N) is 1. The van der Waals surface area contributed by atoms with E-state index >= 15 is 0 Å². The predicted molar refractivity (Wildman–Crippen MR) is 98.4 cm³/mol. The number of aryl methyl sites for hydroxylation is 1. The first-order chi connectivity index (χ1) is 12.6. The molecule has 6 heteroatoms. The first-order valence-electron chi connectivity index (χ1n) is 8.94. The molecule has 0 spiro atoms. The Kier molecular flexibility index (Phi) is 4.28. The van der Waals surface area contributed by atoms with Crippen LogP contribution < -0.4 is 15.6 Å². The quantitative estimate of drug-likeness (QED) is 0.881. The lowest BCUT2D eigenvalue weighted by molar-refractivity contribution is 0.0712.